The lowest BCUT2D eigenvalue weighted by Gasteiger charge is -2.18. The van der Waals surface area contributed by atoms with Gasteiger partial charge in [-0.1, -0.05) is 18.7 Å². The van der Waals surface area contributed by atoms with E-state index < -0.39 is 0 Å². The number of carbonyl (C=O) groups is 1. The summed E-state index contributed by atoms with van der Waals surface area (Å²) in [6, 6.07) is 7.20. The number of carbonyl (C=O) groups excluding carboxylic acids is 1. The summed E-state index contributed by atoms with van der Waals surface area (Å²) >= 11 is 0. The summed E-state index contributed by atoms with van der Waals surface area (Å²) in [4.78, 5) is 13.4. The molecule has 0 aliphatic rings. The van der Waals surface area contributed by atoms with Gasteiger partial charge in [-0.3, -0.25) is 4.79 Å². The number of hydrogen-bond acceptors (Lipinski definition) is 5. The normalized spacial score (nSPS) is 11.8. The van der Waals surface area contributed by atoms with E-state index in [-0.39, 0.29) is 5.91 Å². The van der Waals surface area contributed by atoms with Gasteiger partial charge in [0.05, 0.1) is 0 Å². The number of nitrogens with zero attached hydrogens (tertiary/aromatic N) is 1. The van der Waals surface area contributed by atoms with E-state index in [1.807, 2.05) is 26.2 Å². The van der Waals surface area contributed by atoms with E-state index in [1.165, 1.54) is 12.3 Å². The molecule has 1 rings (SSSR count). The maximum Gasteiger partial charge on any atom is 0.247 e. The minimum Gasteiger partial charge on any atom is -0.398 e. The number of hydrogen-bond donors (Lipinski definition) is 4. The molecule has 0 fully saturated rings. The second-order valence-corrected chi connectivity index (χ2v) is 5.20. The van der Waals surface area contributed by atoms with E-state index in [0.29, 0.717) is 17.9 Å². The van der Waals surface area contributed by atoms with Crippen LogP contribution >= 0.6 is 0 Å². The monoisotopic (exact) mass is 315 g/mol. The summed E-state index contributed by atoms with van der Waals surface area (Å²) in [5, 5.41) is 13.4. The molecule has 0 aliphatic carbocycles. The van der Waals surface area contributed by atoms with Crippen LogP contribution in [-0.4, -0.2) is 50.8 Å². The molecule has 0 bridgehead atoms. The first-order valence-corrected chi connectivity index (χ1v) is 7.38. The Balaban J connectivity index is 2.86. The maximum atomic E-state index is 11.3. The zero-order valence-electron chi connectivity index (χ0n) is 13.7. The smallest absolute Gasteiger partial charge is 0.247 e. The van der Waals surface area contributed by atoms with Gasteiger partial charge in [-0.25, -0.2) is 0 Å². The van der Waals surface area contributed by atoms with Gasteiger partial charge in [-0.15, -0.1) is 0 Å². The fourth-order valence-electron chi connectivity index (χ4n) is 1.99. The highest BCUT2D eigenvalue weighted by molar-refractivity contribution is 5.99. The Morgan fingerprint density at radius 3 is 2.57 bits per heavy atom. The number of nitrogens with one attached hydrogen (secondary N) is 3. The summed E-state index contributed by atoms with van der Waals surface area (Å²) < 4.78 is 0. The van der Waals surface area contributed by atoms with Crippen LogP contribution < -0.4 is 16.4 Å². The lowest BCUT2D eigenvalue weighted by molar-refractivity contribution is -0.111. The third-order valence-electron chi connectivity index (χ3n) is 3.35. The van der Waals surface area contributed by atoms with Crippen molar-refractivity contribution in [3.8, 4) is 0 Å². The van der Waals surface area contributed by atoms with Gasteiger partial charge in [0.25, 0.3) is 0 Å². The van der Waals surface area contributed by atoms with Crippen molar-refractivity contribution < 1.29 is 4.79 Å². The van der Waals surface area contributed by atoms with Crippen LogP contribution in [0.3, 0.4) is 0 Å². The molecule has 0 saturated carbocycles. The second kappa shape index (κ2) is 9.55. The van der Waals surface area contributed by atoms with Gasteiger partial charge in [0.1, 0.15) is 0 Å². The molecule has 0 aliphatic heterocycles. The molecule has 1 aromatic rings. The predicted molar refractivity (Wildman–Crippen MR) is 96.6 cm³/mol. The van der Waals surface area contributed by atoms with Gasteiger partial charge in [0.2, 0.25) is 5.91 Å². The minimum absolute atomic E-state index is 0.257. The molecular formula is C17H25N5O. The first-order chi connectivity index (χ1) is 11.0. The van der Waals surface area contributed by atoms with Gasteiger partial charge < -0.3 is 26.7 Å². The SMILES string of the molecule is C=CC(=O)Nc1ccc(C(N)=C(C=N)CN(C)CCNC)cc1. The van der Waals surface area contributed by atoms with Crippen molar-refractivity contribution in [1.29, 1.82) is 5.41 Å². The fraction of sp³-hybridized carbons (Fsp3) is 0.294. The first-order valence-electron chi connectivity index (χ1n) is 7.38. The van der Waals surface area contributed by atoms with Crippen LogP contribution in [-0.2, 0) is 4.79 Å². The number of benzene rings is 1. The van der Waals surface area contributed by atoms with Crippen LogP contribution in [0.5, 0.6) is 0 Å². The summed E-state index contributed by atoms with van der Waals surface area (Å²) in [6.45, 7) is 5.76. The van der Waals surface area contributed by atoms with Crippen molar-refractivity contribution in [1.82, 2.24) is 10.2 Å². The fourth-order valence-corrected chi connectivity index (χ4v) is 1.99. The molecule has 0 spiro atoms. The Morgan fingerprint density at radius 2 is 2.04 bits per heavy atom. The van der Waals surface area contributed by atoms with E-state index in [1.54, 1.807) is 12.1 Å². The molecular weight excluding hydrogens is 290 g/mol. The molecule has 0 atom stereocenters. The second-order valence-electron chi connectivity index (χ2n) is 5.20. The third kappa shape index (κ3) is 6.06. The van der Waals surface area contributed by atoms with Crippen molar-refractivity contribution in [3.05, 3.63) is 48.1 Å². The molecule has 1 amide bonds. The molecule has 0 saturated heterocycles. The van der Waals surface area contributed by atoms with Crippen LogP contribution in [0, 0.1) is 5.41 Å². The van der Waals surface area contributed by atoms with Crippen molar-refractivity contribution in [2.45, 2.75) is 0 Å². The molecule has 1 aromatic carbocycles. The quantitative estimate of drug-likeness (QED) is 0.408. The van der Waals surface area contributed by atoms with Crippen LogP contribution in [0.2, 0.25) is 0 Å². The summed E-state index contributed by atoms with van der Waals surface area (Å²) in [5.74, 6) is -0.257. The van der Waals surface area contributed by atoms with E-state index in [0.717, 1.165) is 24.2 Å². The van der Waals surface area contributed by atoms with E-state index in [9.17, 15) is 4.79 Å². The van der Waals surface area contributed by atoms with Gasteiger partial charge >= 0.3 is 0 Å². The Kier molecular flexibility index (Phi) is 7.73. The molecule has 6 nitrogen and oxygen atoms in total. The Labute approximate surface area is 137 Å². The molecule has 0 unspecified atom stereocenters. The zero-order valence-corrected chi connectivity index (χ0v) is 13.7. The third-order valence-corrected chi connectivity index (χ3v) is 3.35. The van der Waals surface area contributed by atoms with Gasteiger partial charge in [0, 0.05) is 42.8 Å². The van der Waals surface area contributed by atoms with E-state index >= 15 is 0 Å². The standard InChI is InChI=1S/C17H25N5O/c1-4-16(23)21-15-7-5-13(6-8-15)17(19)14(11-18)12-22(3)10-9-20-2/h4-8,11,18,20H,1,9-10,12,19H2,2-3H3,(H,21,23). The molecule has 0 heterocycles. The lowest BCUT2D eigenvalue weighted by atomic mass is 10.1. The summed E-state index contributed by atoms with van der Waals surface area (Å²) in [6.07, 6.45) is 2.51. The average molecular weight is 315 g/mol. The van der Waals surface area contributed by atoms with E-state index in [2.05, 4.69) is 22.1 Å². The Morgan fingerprint density at radius 1 is 1.39 bits per heavy atom. The summed E-state index contributed by atoms with van der Waals surface area (Å²) in [5.41, 5.74) is 9.01. The number of anilines is 1. The molecule has 0 radical (unpaired) electrons. The number of amides is 1. The highest BCUT2D eigenvalue weighted by atomic mass is 16.1. The van der Waals surface area contributed by atoms with Crippen LogP contribution in [0.1, 0.15) is 5.56 Å². The van der Waals surface area contributed by atoms with Crippen molar-refractivity contribution in [2.75, 3.05) is 39.0 Å². The van der Waals surface area contributed by atoms with Gasteiger partial charge in [-0.05, 0) is 37.9 Å². The highest BCUT2D eigenvalue weighted by Crippen LogP contribution is 2.17. The molecule has 23 heavy (non-hydrogen) atoms. The number of likely N-dealkylation sites (N-methyl/N-ethyl adjacent to an activating group) is 2. The largest absolute Gasteiger partial charge is 0.398 e. The average Bonchev–Trinajstić information content (AvgIpc) is 2.57. The van der Waals surface area contributed by atoms with Crippen molar-refractivity contribution in [2.24, 2.45) is 5.73 Å². The topological polar surface area (TPSA) is 94.2 Å². The molecule has 5 N–H and O–H groups in total. The number of nitrogens with two attached hydrogens (primary N) is 1. The predicted octanol–water partition coefficient (Wildman–Crippen LogP) is 1.28. The maximum absolute atomic E-state index is 11.3. The lowest BCUT2D eigenvalue weighted by Crippen LogP contribution is -2.30. The zero-order chi connectivity index (χ0) is 17.2. The van der Waals surface area contributed by atoms with Crippen LogP contribution in [0.4, 0.5) is 5.69 Å². The van der Waals surface area contributed by atoms with Crippen molar-refractivity contribution >= 4 is 23.5 Å². The molecule has 124 valence electrons. The van der Waals surface area contributed by atoms with Gasteiger partial charge in [0.15, 0.2) is 0 Å². The van der Waals surface area contributed by atoms with Crippen LogP contribution in [0.25, 0.3) is 5.70 Å². The van der Waals surface area contributed by atoms with Gasteiger partial charge in [-0.2, -0.15) is 0 Å². The van der Waals surface area contributed by atoms with E-state index in [4.69, 9.17) is 11.1 Å². The minimum atomic E-state index is -0.257. The van der Waals surface area contributed by atoms with Crippen molar-refractivity contribution in [3.63, 3.8) is 0 Å². The summed E-state index contributed by atoms with van der Waals surface area (Å²) in [7, 11) is 3.89. The Bertz CT molecular complexity index is 577. The number of rotatable bonds is 9. The Hall–Kier alpha value is -2.44. The highest BCUT2D eigenvalue weighted by Gasteiger charge is 2.08. The van der Waals surface area contributed by atoms with Crippen LogP contribution in [0.15, 0.2) is 42.5 Å². The first kappa shape index (κ1) is 18.6. The molecule has 0 aromatic heterocycles. The molecule has 6 heteroatoms.